The van der Waals surface area contributed by atoms with Crippen molar-refractivity contribution in [3.63, 3.8) is 0 Å². The SMILES string of the molecule is CCSc1nnc(NC(=O)CSc2nnc(CNC(=O)c3ccco3)n2-c2ccccc2OC)s1. The van der Waals surface area contributed by atoms with Crippen LogP contribution in [0.3, 0.4) is 0 Å². The standard InChI is InChI=1S/C21H21N7O4S3/c1-3-33-21-27-25-19(35-21)23-17(29)12-34-20-26-24-16(11-22-18(30)15-9-6-10-32-15)28(20)13-7-4-5-8-14(13)31-2/h4-10H,3,11-12H2,1-2H3,(H,22,30)(H,23,25,29). The number of nitrogens with one attached hydrogen (secondary N) is 2. The van der Waals surface area contributed by atoms with E-state index in [0.717, 1.165) is 10.1 Å². The van der Waals surface area contributed by atoms with Gasteiger partial charge in [-0.3, -0.25) is 19.5 Å². The van der Waals surface area contributed by atoms with E-state index in [1.165, 1.54) is 29.4 Å². The molecule has 3 heterocycles. The highest BCUT2D eigenvalue weighted by Crippen LogP contribution is 2.29. The summed E-state index contributed by atoms with van der Waals surface area (Å²) in [6.07, 6.45) is 1.43. The molecule has 2 N–H and O–H groups in total. The van der Waals surface area contributed by atoms with Crippen LogP contribution >= 0.6 is 34.9 Å². The van der Waals surface area contributed by atoms with Crippen LogP contribution in [0.25, 0.3) is 5.69 Å². The van der Waals surface area contributed by atoms with Crippen LogP contribution in [-0.4, -0.2) is 55.4 Å². The maximum absolute atomic E-state index is 12.5. The number of hydrogen-bond acceptors (Lipinski definition) is 11. The fourth-order valence-electron chi connectivity index (χ4n) is 2.95. The van der Waals surface area contributed by atoms with Gasteiger partial charge in [-0.25, -0.2) is 0 Å². The van der Waals surface area contributed by atoms with Gasteiger partial charge in [0.1, 0.15) is 5.75 Å². The molecule has 0 aliphatic carbocycles. The van der Waals surface area contributed by atoms with Gasteiger partial charge in [0.05, 0.1) is 31.4 Å². The Hall–Kier alpha value is -3.36. The van der Waals surface area contributed by atoms with Crippen molar-refractivity contribution in [1.82, 2.24) is 30.3 Å². The van der Waals surface area contributed by atoms with E-state index in [1.807, 2.05) is 31.2 Å². The van der Waals surface area contributed by atoms with Crippen molar-refractivity contribution < 1.29 is 18.7 Å². The molecule has 4 aromatic rings. The molecule has 14 heteroatoms. The Bertz CT molecular complexity index is 1290. The number of thioether (sulfide) groups is 2. The normalized spacial score (nSPS) is 10.8. The molecule has 11 nitrogen and oxygen atoms in total. The summed E-state index contributed by atoms with van der Waals surface area (Å²) in [6.45, 7) is 2.11. The summed E-state index contributed by atoms with van der Waals surface area (Å²) in [5, 5.41) is 23.0. The van der Waals surface area contributed by atoms with Gasteiger partial charge in [0.25, 0.3) is 5.91 Å². The number of hydrogen-bond donors (Lipinski definition) is 2. The highest BCUT2D eigenvalue weighted by atomic mass is 32.2. The van der Waals surface area contributed by atoms with Crippen LogP contribution in [0.4, 0.5) is 5.13 Å². The summed E-state index contributed by atoms with van der Waals surface area (Å²) < 4.78 is 13.2. The van der Waals surface area contributed by atoms with Gasteiger partial charge in [0.2, 0.25) is 11.0 Å². The van der Waals surface area contributed by atoms with E-state index < -0.39 is 0 Å². The highest BCUT2D eigenvalue weighted by molar-refractivity contribution is 8.01. The average molecular weight is 532 g/mol. The lowest BCUT2D eigenvalue weighted by Gasteiger charge is -2.14. The van der Waals surface area contributed by atoms with E-state index in [2.05, 4.69) is 31.0 Å². The van der Waals surface area contributed by atoms with Crippen molar-refractivity contribution in [2.24, 2.45) is 0 Å². The molecule has 0 radical (unpaired) electrons. The number of furan rings is 1. The van der Waals surface area contributed by atoms with Crippen molar-refractivity contribution in [3.05, 3.63) is 54.2 Å². The zero-order chi connectivity index (χ0) is 24.6. The van der Waals surface area contributed by atoms with Crippen molar-refractivity contribution in [2.45, 2.75) is 23.0 Å². The first-order valence-electron chi connectivity index (χ1n) is 10.4. The maximum atomic E-state index is 12.5. The van der Waals surface area contributed by atoms with Gasteiger partial charge < -0.3 is 14.5 Å². The number of anilines is 1. The number of ether oxygens (including phenoxy) is 1. The van der Waals surface area contributed by atoms with Crippen LogP contribution < -0.4 is 15.4 Å². The number of rotatable bonds is 11. The minimum atomic E-state index is -0.379. The fraction of sp³-hybridized carbons (Fsp3) is 0.238. The highest BCUT2D eigenvalue weighted by Gasteiger charge is 2.20. The zero-order valence-corrected chi connectivity index (χ0v) is 21.2. The van der Waals surface area contributed by atoms with Gasteiger partial charge in [-0.1, -0.05) is 53.9 Å². The Morgan fingerprint density at radius 1 is 1.11 bits per heavy atom. The quantitative estimate of drug-likeness (QED) is 0.218. The average Bonchev–Trinajstić information content (AvgIpc) is 3.63. The van der Waals surface area contributed by atoms with Gasteiger partial charge in [-0.05, 0) is 30.0 Å². The van der Waals surface area contributed by atoms with Gasteiger partial charge in [-0.2, -0.15) is 0 Å². The fourth-order valence-corrected chi connectivity index (χ4v) is 5.38. The molecule has 0 bridgehead atoms. The summed E-state index contributed by atoms with van der Waals surface area (Å²) in [7, 11) is 1.56. The molecule has 0 saturated heterocycles. The lowest BCUT2D eigenvalue weighted by atomic mass is 10.3. The largest absolute Gasteiger partial charge is 0.495 e. The summed E-state index contributed by atoms with van der Waals surface area (Å²) >= 11 is 4.09. The third kappa shape index (κ3) is 6.21. The molecular weight excluding hydrogens is 510 g/mol. The van der Waals surface area contributed by atoms with E-state index in [-0.39, 0.29) is 29.9 Å². The van der Waals surface area contributed by atoms with E-state index in [9.17, 15) is 9.59 Å². The van der Waals surface area contributed by atoms with E-state index in [1.54, 1.807) is 35.6 Å². The molecule has 4 rings (SSSR count). The number of carbonyl (C=O) groups is 2. The first kappa shape index (κ1) is 24.8. The van der Waals surface area contributed by atoms with Crippen LogP contribution in [0, 0.1) is 0 Å². The molecule has 2 amide bonds. The molecule has 3 aromatic heterocycles. The van der Waals surface area contributed by atoms with Gasteiger partial charge in [0.15, 0.2) is 21.1 Å². The lowest BCUT2D eigenvalue weighted by Crippen LogP contribution is -2.24. The summed E-state index contributed by atoms with van der Waals surface area (Å²) in [5.74, 6) is 1.56. The van der Waals surface area contributed by atoms with Gasteiger partial charge in [0, 0.05) is 0 Å². The zero-order valence-electron chi connectivity index (χ0n) is 18.8. The topological polar surface area (TPSA) is 137 Å². The first-order chi connectivity index (χ1) is 17.1. The van der Waals surface area contributed by atoms with Crippen LogP contribution in [0.15, 0.2) is 56.6 Å². The van der Waals surface area contributed by atoms with Crippen LogP contribution in [-0.2, 0) is 11.3 Å². The Balaban J connectivity index is 1.50. The van der Waals surface area contributed by atoms with Gasteiger partial charge in [-0.15, -0.1) is 20.4 Å². The van der Waals surface area contributed by atoms with E-state index >= 15 is 0 Å². The van der Waals surface area contributed by atoms with Crippen molar-refractivity contribution >= 4 is 51.8 Å². The second-order valence-electron chi connectivity index (χ2n) is 6.71. The number of para-hydroxylation sites is 2. The maximum Gasteiger partial charge on any atom is 0.287 e. The summed E-state index contributed by atoms with van der Waals surface area (Å²) in [4.78, 5) is 24.9. The van der Waals surface area contributed by atoms with Crippen LogP contribution in [0.2, 0.25) is 0 Å². The second kappa shape index (κ2) is 11.9. The number of nitrogens with zero attached hydrogens (tertiary/aromatic N) is 5. The third-order valence-corrected chi connectivity index (χ3v) is 7.21. The number of amides is 2. The second-order valence-corrected chi connectivity index (χ2v) is 10.1. The molecule has 0 atom stereocenters. The van der Waals surface area contributed by atoms with E-state index in [4.69, 9.17) is 9.15 Å². The third-order valence-electron chi connectivity index (χ3n) is 4.43. The summed E-state index contributed by atoms with van der Waals surface area (Å²) in [5.41, 5.74) is 0.676. The molecule has 35 heavy (non-hydrogen) atoms. The molecule has 0 spiro atoms. The first-order valence-corrected chi connectivity index (χ1v) is 13.2. The lowest BCUT2D eigenvalue weighted by molar-refractivity contribution is -0.113. The smallest absolute Gasteiger partial charge is 0.287 e. The van der Waals surface area contributed by atoms with Gasteiger partial charge >= 0.3 is 0 Å². The summed E-state index contributed by atoms with van der Waals surface area (Å²) in [6, 6.07) is 10.6. The Morgan fingerprint density at radius 3 is 2.74 bits per heavy atom. The molecule has 0 saturated carbocycles. The van der Waals surface area contributed by atoms with E-state index in [0.29, 0.717) is 27.5 Å². The minimum absolute atomic E-state index is 0.0713. The van der Waals surface area contributed by atoms with Crippen molar-refractivity contribution in [3.8, 4) is 11.4 Å². The molecule has 182 valence electrons. The van der Waals surface area contributed by atoms with Crippen LogP contribution in [0.5, 0.6) is 5.75 Å². The molecular formula is C21H21N7O4S3. The molecule has 0 unspecified atom stereocenters. The number of methoxy groups -OCH3 is 1. The molecule has 0 aliphatic rings. The predicted octanol–water partition coefficient (Wildman–Crippen LogP) is 3.49. The number of benzene rings is 1. The Labute approximate surface area is 213 Å². The van der Waals surface area contributed by atoms with Crippen LogP contribution in [0.1, 0.15) is 23.3 Å². The molecule has 0 aliphatic heterocycles. The minimum Gasteiger partial charge on any atom is -0.495 e. The predicted molar refractivity (Wildman–Crippen MR) is 133 cm³/mol. The number of aromatic nitrogens is 5. The number of carbonyl (C=O) groups excluding carboxylic acids is 2. The molecule has 0 fully saturated rings. The Kier molecular flexibility index (Phi) is 8.39. The van der Waals surface area contributed by atoms with Crippen molar-refractivity contribution in [2.75, 3.05) is 23.9 Å². The monoisotopic (exact) mass is 531 g/mol. The Morgan fingerprint density at radius 2 is 1.97 bits per heavy atom. The van der Waals surface area contributed by atoms with Crippen molar-refractivity contribution in [1.29, 1.82) is 0 Å². The molecule has 1 aromatic carbocycles.